The van der Waals surface area contributed by atoms with Gasteiger partial charge in [0.2, 0.25) is 5.95 Å². The average molecular weight is 571 g/mol. The van der Waals surface area contributed by atoms with E-state index < -0.39 is 23.9 Å². The lowest BCUT2D eigenvalue weighted by molar-refractivity contribution is -0.146. The molecular weight excluding hydrogens is 532 g/mol. The van der Waals surface area contributed by atoms with Gasteiger partial charge in [0.1, 0.15) is 18.3 Å². The van der Waals surface area contributed by atoms with Crippen molar-refractivity contribution in [1.82, 2.24) is 25.6 Å². The number of ether oxygens (including phenoxy) is 2. The molecule has 0 saturated carbocycles. The maximum absolute atomic E-state index is 12.7. The van der Waals surface area contributed by atoms with Crippen LogP contribution in [0.1, 0.15) is 55.1 Å². The fourth-order valence-electron chi connectivity index (χ4n) is 4.07. The minimum atomic E-state index is -1.25. The van der Waals surface area contributed by atoms with Gasteiger partial charge in [-0.25, -0.2) is 4.79 Å². The zero-order valence-electron chi connectivity index (χ0n) is 23.5. The molecule has 0 aliphatic carbocycles. The Morgan fingerprint density at radius 1 is 1.10 bits per heavy atom. The van der Waals surface area contributed by atoms with Crippen LogP contribution in [0.2, 0.25) is 0 Å². The molecule has 222 valence electrons. The number of aliphatic carboxylic acids is 1. The second-order valence-electron chi connectivity index (χ2n) is 10.6. The highest BCUT2D eigenvalue weighted by atomic mass is 16.6. The van der Waals surface area contributed by atoms with Crippen LogP contribution in [0.3, 0.4) is 0 Å². The van der Waals surface area contributed by atoms with Gasteiger partial charge >= 0.3 is 11.9 Å². The van der Waals surface area contributed by atoms with Gasteiger partial charge in [-0.05, 0) is 63.3 Å². The number of carbonyl (C=O) groups excluding carboxylic acids is 2. The van der Waals surface area contributed by atoms with Crippen molar-refractivity contribution in [2.24, 2.45) is 0 Å². The third-order valence-electron chi connectivity index (χ3n) is 6.17. The van der Waals surface area contributed by atoms with E-state index >= 15 is 0 Å². The molecule has 2 heterocycles. The minimum absolute atomic E-state index is 0.00723. The highest BCUT2D eigenvalue weighted by Crippen LogP contribution is 2.16. The number of esters is 1. The molecule has 0 radical (unpaired) electrons. The minimum Gasteiger partial charge on any atom is -0.480 e. The van der Waals surface area contributed by atoms with Crippen LogP contribution in [0.5, 0.6) is 0 Å². The molecular formula is C28H38N6O7. The zero-order chi connectivity index (χ0) is 30.0. The quantitative estimate of drug-likeness (QED) is 0.115. The van der Waals surface area contributed by atoms with Gasteiger partial charge in [-0.3, -0.25) is 19.4 Å². The summed E-state index contributed by atoms with van der Waals surface area (Å²) in [6, 6.07) is 5.47. The predicted octanol–water partition coefficient (Wildman–Crippen LogP) is 1.53. The van der Waals surface area contributed by atoms with Gasteiger partial charge < -0.3 is 35.9 Å². The first-order valence-electron chi connectivity index (χ1n) is 13.4. The summed E-state index contributed by atoms with van der Waals surface area (Å²) in [6.45, 7) is 7.59. The van der Waals surface area contributed by atoms with Crippen molar-refractivity contribution in [3.63, 3.8) is 0 Å². The lowest BCUT2D eigenvalue weighted by Gasteiger charge is -2.20. The van der Waals surface area contributed by atoms with E-state index in [-0.39, 0.29) is 48.7 Å². The van der Waals surface area contributed by atoms with Gasteiger partial charge in [0.05, 0.1) is 18.6 Å². The molecule has 3 rings (SSSR count). The van der Waals surface area contributed by atoms with Crippen molar-refractivity contribution in [1.29, 1.82) is 0 Å². The molecule has 1 atom stereocenters. The van der Waals surface area contributed by atoms with Gasteiger partial charge in [0.25, 0.3) is 11.5 Å². The van der Waals surface area contributed by atoms with Crippen LogP contribution in [0.15, 0.2) is 35.3 Å². The van der Waals surface area contributed by atoms with Crippen molar-refractivity contribution in [3.05, 3.63) is 57.5 Å². The number of carboxylic acids is 1. The SMILES string of the molecule is CC(C)(C)NCCOCCOC(=O)CC[C@H](NC(=O)c1ccc(CCc2c[nH]c3nc(N)[nH]c(=O)c23)cc1)C(=O)O. The molecule has 0 saturated heterocycles. The standard InChI is InChI=1S/C28H38N6O7/c1-28(2,3)31-12-13-40-14-15-41-21(35)11-10-20(26(38)39)32-24(36)18-7-4-17(5-8-18)6-9-19-16-30-23-22(19)25(37)34-27(29)33-23/h4-5,7-8,16,20,31H,6,9-15H2,1-3H3,(H,32,36)(H,38,39)(H4,29,30,33,34,37)/t20-/m0/s1. The number of carboxylic acid groups (broad SMARTS) is 1. The molecule has 2 aromatic heterocycles. The maximum atomic E-state index is 12.7. The van der Waals surface area contributed by atoms with E-state index in [2.05, 4.69) is 25.6 Å². The number of nitrogen functional groups attached to an aromatic ring is 1. The molecule has 7 N–H and O–H groups in total. The number of hydrogen-bond acceptors (Lipinski definition) is 9. The molecule has 13 nitrogen and oxygen atoms in total. The summed E-state index contributed by atoms with van der Waals surface area (Å²) < 4.78 is 10.5. The first-order chi connectivity index (χ1) is 19.4. The summed E-state index contributed by atoms with van der Waals surface area (Å²) >= 11 is 0. The number of H-pyrrole nitrogens is 2. The van der Waals surface area contributed by atoms with Crippen LogP contribution in [0, 0.1) is 0 Å². The summed E-state index contributed by atoms with van der Waals surface area (Å²) in [6.07, 6.45) is 2.59. The molecule has 0 spiro atoms. The molecule has 0 aliphatic rings. The number of anilines is 1. The zero-order valence-corrected chi connectivity index (χ0v) is 23.5. The summed E-state index contributed by atoms with van der Waals surface area (Å²) in [7, 11) is 0. The van der Waals surface area contributed by atoms with E-state index in [4.69, 9.17) is 15.2 Å². The van der Waals surface area contributed by atoms with E-state index in [9.17, 15) is 24.3 Å². The number of aromatic nitrogens is 3. The number of nitrogens with one attached hydrogen (secondary N) is 4. The van der Waals surface area contributed by atoms with Crippen LogP contribution in [-0.2, 0) is 31.9 Å². The first-order valence-corrected chi connectivity index (χ1v) is 13.4. The van der Waals surface area contributed by atoms with Crippen LogP contribution >= 0.6 is 0 Å². The van der Waals surface area contributed by atoms with E-state index in [0.29, 0.717) is 37.0 Å². The summed E-state index contributed by atoms with van der Waals surface area (Å²) in [4.78, 5) is 58.1. The average Bonchev–Trinajstić information content (AvgIpc) is 3.31. The van der Waals surface area contributed by atoms with Crippen LogP contribution in [0.4, 0.5) is 5.95 Å². The normalized spacial score (nSPS) is 12.3. The molecule has 0 bridgehead atoms. The Morgan fingerprint density at radius 3 is 2.51 bits per heavy atom. The Bertz CT molecular complexity index is 1390. The van der Waals surface area contributed by atoms with Gasteiger partial charge in [-0.1, -0.05) is 12.1 Å². The van der Waals surface area contributed by atoms with E-state index in [1.54, 1.807) is 30.5 Å². The summed E-state index contributed by atoms with van der Waals surface area (Å²) in [5.74, 6) is -2.34. The molecule has 13 heteroatoms. The topological polar surface area (TPSA) is 202 Å². The van der Waals surface area contributed by atoms with Crippen LogP contribution in [-0.4, -0.2) is 75.9 Å². The molecule has 3 aromatic rings. The molecule has 0 aliphatic heterocycles. The van der Waals surface area contributed by atoms with Crippen molar-refractivity contribution < 1.29 is 29.0 Å². The Morgan fingerprint density at radius 2 is 1.83 bits per heavy atom. The van der Waals surface area contributed by atoms with E-state index in [1.807, 2.05) is 20.8 Å². The number of fused-ring (bicyclic) bond motifs is 1. The predicted molar refractivity (Wildman–Crippen MR) is 153 cm³/mol. The molecule has 0 fully saturated rings. The number of hydrogen-bond donors (Lipinski definition) is 6. The Labute approximate surface area is 237 Å². The Kier molecular flexibility index (Phi) is 11.0. The third kappa shape index (κ3) is 10.0. The van der Waals surface area contributed by atoms with Crippen molar-refractivity contribution in [3.8, 4) is 0 Å². The fraction of sp³-hybridized carbons (Fsp3) is 0.464. The van der Waals surface area contributed by atoms with Gasteiger partial charge in [-0.2, -0.15) is 4.98 Å². The maximum Gasteiger partial charge on any atom is 0.326 e. The number of nitrogens with two attached hydrogens (primary N) is 1. The highest BCUT2D eigenvalue weighted by Gasteiger charge is 2.22. The van der Waals surface area contributed by atoms with Gasteiger partial charge in [0, 0.05) is 30.3 Å². The third-order valence-corrected chi connectivity index (χ3v) is 6.17. The fourth-order valence-corrected chi connectivity index (χ4v) is 4.07. The first kappa shape index (κ1) is 31.3. The number of nitrogens with zero attached hydrogens (tertiary/aromatic N) is 1. The lowest BCUT2D eigenvalue weighted by atomic mass is 10.0. The molecule has 0 unspecified atom stereocenters. The second-order valence-corrected chi connectivity index (χ2v) is 10.6. The van der Waals surface area contributed by atoms with E-state index in [0.717, 1.165) is 11.1 Å². The van der Waals surface area contributed by atoms with Gasteiger partial charge in [-0.15, -0.1) is 0 Å². The lowest BCUT2D eigenvalue weighted by Crippen LogP contribution is -2.41. The number of rotatable bonds is 15. The second kappa shape index (κ2) is 14.4. The molecule has 1 amide bonds. The van der Waals surface area contributed by atoms with Gasteiger partial charge in [0.15, 0.2) is 0 Å². The highest BCUT2D eigenvalue weighted by molar-refractivity contribution is 5.96. The molecule has 41 heavy (non-hydrogen) atoms. The summed E-state index contributed by atoms with van der Waals surface area (Å²) in [5.41, 5.74) is 7.67. The number of aryl methyl sites for hydroxylation is 2. The van der Waals surface area contributed by atoms with Crippen molar-refractivity contribution in [2.75, 3.05) is 32.1 Å². The number of carbonyl (C=O) groups is 3. The van der Waals surface area contributed by atoms with Crippen LogP contribution in [0.25, 0.3) is 11.0 Å². The van der Waals surface area contributed by atoms with Crippen molar-refractivity contribution in [2.45, 2.75) is 58.0 Å². The largest absolute Gasteiger partial charge is 0.480 e. The Balaban J connectivity index is 1.42. The Hall–Kier alpha value is -4.23. The number of amides is 1. The number of aromatic amines is 2. The van der Waals surface area contributed by atoms with E-state index in [1.165, 1.54) is 0 Å². The molecule has 1 aromatic carbocycles. The smallest absolute Gasteiger partial charge is 0.326 e. The summed E-state index contributed by atoms with van der Waals surface area (Å²) in [5, 5.41) is 15.7. The van der Waals surface area contributed by atoms with Crippen molar-refractivity contribution >= 4 is 34.8 Å². The monoisotopic (exact) mass is 570 g/mol. The number of benzene rings is 1. The van der Waals surface area contributed by atoms with Crippen LogP contribution < -0.4 is 21.9 Å².